The van der Waals surface area contributed by atoms with Crippen molar-refractivity contribution in [3.05, 3.63) is 0 Å². The molecule has 4 saturated carbocycles. The number of carbonyl (C=O) groups is 1. The fraction of sp³-hybridized carbons (Fsp3) is 0.938. The highest BCUT2D eigenvalue weighted by molar-refractivity contribution is 5.78. The van der Waals surface area contributed by atoms with E-state index in [0.717, 1.165) is 13.3 Å². The molecule has 3 nitrogen and oxygen atoms in total. The summed E-state index contributed by atoms with van der Waals surface area (Å²) < 4.78 is 45.2. The first-order valence-electron chi connectivity index (χ1n) is 8.03. The van der Waals surface area contributed by atoms with Gasteiger partial charge in [0.25, 0.3) is 0 Å². The van der Waals surface area contributed by atoms with Crippen molar-refractivity contribution in [3.8, 4) is 0 Å². The van der Waals surface area contributed by atoms with Crippen molar-refractivity contribution in [2.45, 2.75) is 76.2 Å². The molecule has 4 aliphatic carbocycles. The van der Waals surface area contributed by atoms with Gasteiger partial charge in [0.05, 0.1) is 5.60 Å². The highest BCUT2D eigenvalue weighted by Gasteiger charge is 2.62. The predicted octanol–water partition coefficient (Wildman–Crippen LogP) is 3.59. The van der Waals surface area contributed by atoms with Crippen LogP contribution in [0.1, 0.15) is 58.8 Å². The Labute approximate surface area is 128 Å². The molecule has 1 N–H and O–H groups in total. The lowest BCUT2D eigenvalue weighted by Gasteiger charge is -2.59. The van der Waals surface area contributed by atoms with E-state index in [1.807, 2.05) is 0 Å². The molecule has 0 amide bonds. The highest BCUT2D eigenvalue weighted by atomic mass is 19.4. The minimum atomic E-state index is -4.63. The second kappa shape index (κ2) is 4.62. The molecule has 6 heteroatoms. The molecule has 0 aliphatic heterocycles. The molecule has 0 radical (unpaired) electrons. The molecule has 4 fully saturated rings. The first-order chi connectivity index (χ1) is 10.0. The molecule has 3 unspecified atom stereocenters. The van der Waals surface area contributed by atoms with Crippen LogP contribution in [0.3, 0.4) is 0 Å². The summed E-state index contributed by atoms with van der Waals surface area (Å²) in [6, 6.07) is 0. The molecule has 0 spiro atoms. The molecular weight excluding hydrogens is 297 g/mol. The van der Waals surface area contributed by atoms with Crippen LogP contribution in [0, 0.1) is 17.3 Å². The van der Waals surface area contributed by atoms with E-state index >= 15 is 0 Å². The van der Waals surface area contributed by atoms with Gasteiger partial charge in [-0.2, -0.15) is 13.2 Å². The van der Waals surface area contributed by atoms with Crippen LogP contribution in [-0.2, 0) is 9.53 Å². The number of ether oxygens (including phenoxy) is 1. The third kappa shape index (κ3) is 2.34. The molecule has 4 aliphatic rings. The van der Waals surface area contributed by atoms with E-state index in [2.05, 4.69) is 0 Å². The van der Waals surface area contributed by atoms with Gasteiger partial charge < -0.3 is 9.84 Å². The van der Waals surface area contributed by atoms with E-state index in [1.165, 1.54) is 6.92 Å². The van der Waals surface area contributed by atoms with E-state index in [1.54, 1.807) is 0 Å². The van der Waals surface area contributed by atoms with Crippen molar-refractivity contribution in [1.82, 2.24) is 0 Å². The zero-order valence-corrected chi connectivity index (χ0v) is 13.0. The molecule has 0 aromatic rings. The van der Waals surface area contributed by atoms with Gasteiger partial charge in [-0.3, -0.25) is 4.79 Å². The summed E-state index contributed by atoms with van der Waals surface area (Å²) in [4.78, 5) is 12.3. The minimum absolute atomic E-state index is 0.262. The lowest BCUT2D eigenvalue weighted by atomic mass is 9.52. The van der Waals surface area contributed by atoms with Gasteiger partial charge in [-0.05, 0) is 57.3 Å². The average molecular weight is 320 g/mol. The number of hydrogen-bond donors (Lipinski definition) is 1. The quantitative estimate of drug-likeness (QED) is 0.808. The topological polar surface area (TPSA) is 46.5 Å². The Kier molecular flexibility index (Phi) is 3.38. The van der Waals surface area contributed by atoms with E-state index in [-0.39, 0.29) is 24.7 Å². The predicted molar refractivity (Wildman–Crippen MR) is 72.9 cm³/mol. The zero-order valence-electron chi connectivity index (χ0n) is 13.0. The Hall–Kier alpha value is -0.780. The minimum Gasteiger partial charge on any atom is -0.458 e. The first kappa shape index (κ1) is 16.1. The summed E-state index contributed by atoms with van der Waals surface area (Å²) in [5, 5.41) is 10.6. The van der Waals surface area contributed by atoms with Crippen LogP contribution in [0.15, 0.2) is 0 Å². The first-order valence-corrected chi connectivity index (χ1v) is 8.03. The van der Waals surface area contributed by atoms with E-state index < -0.39 is 28.8 Å². The molecule has 3 atom stereocenters. The Morgan fingerprint density at radius 1 is 1.23 bits per heavy atom. The highest BCUT2D eigenvalue weighted by Crippen LogP contribution is 2.59. The molecule has 0 heterocycles. The van der Waals surface area contributed by atoms with Crippen LogP contribution in [0.25, 0.3) is 0 Å². The summed E-state index contributed by atoms with van der Waals surface area (Å²) in [5.74, 6) is -0.663. The van der Waals surface area contributed by atoms with E-state index in [4.69, 9.17) is 4.74 Å². The van der Waals surface area contributed by atoms with Crippen molar-refractivity contribution < 1.29 is 27.8 Å². The third-order valence-corrected chi connectivity index (χ3v) is 6.07. The standard InChI is InChI=1S/C16H23F3O3/c1-3-13(2,16(17,18)19)12(20)22-15-7-10-4-11(8-15)6-14(21,5-10)9-15/h10-11,21H,3-9H2,1-2H3. The van der Waals surface area contributed by atoms with Crippen LogP contribution in [0.2, 0.25) is 0 Å². The number of rotatable bonds is 3. The second-order valence-corrected chi connectivity index (χ2v) is 7.94. The van der Waals surface area contributed by atoms with Gasteiger partial charge in [0, 0.05) is 6.42 Å². The van der Waals surface area contributed by atoms with Gasteiger partial charge >= 0.3 is 12.1 Å². The Morgan fingerprint density at radius 3 is 2.18 bits per heavy atom. The summed E-state index contributed by atoms with van der Waals surface area (Å²) >= 11 is 0. The third-order valence-electron chi connectivity index (χ3n) is 6.07. The summed E-state index contributed by atoms with van der Waals surface area (Å²) in [6.45, 7) is 2.26. The van der Waals surface area contributed by atoms with Gasteiger partial charge in [0.15, 0.2) is 5.41 Å². The Bertz CT molecular complexity index is 474. The lowest BCUT2D eigenvalue weighted by Crippen LogP contribution is -2.61. The van der Waals surface area contributed by atoms with E-state index in [9.17, 15) is 23.1 Å². The SMILES string of the molecule is CCC(C)(C(=O)OC12CC3CC(CC(O)(C3)C1)C2)C(F)(F)F. The van der Waals surface area contributed by atoms with Crippen molar-refractivity contribution in [1.29, 1.82) is 0 Å². The fourth-order valence-electron chi connectivity index (χ4n) is 5.02. The lowest BCUT2D eigenvalue weighted by molar-refractivity contribution is -0.256. The number of carbonyl (C=O) groups excluding carboxylic acids is 1. The fourth-order valence-corrected chi connectivity index (χ4v) is 5.02. The smallest absolute Gasteiger partial charge is 0.404 e. The van der Waals surface area contributed by atoms with Crippen LogP contribution in [-0.4, -0.2) is 28.5 Å². The maximum Gasteiger partial charge on any atom is 0.404 e. The number of halogens is 3. The van der Waals surface area contributed by atoms with Gasteiger partial charge in [-0.1, -0.05) is 6.92 Å². The largest absolute Gasteiger partial charge is 0.458 e. The maximum absolute atomic E-state index is 13.2. The number of alkyl halides is 3. The number of esters is 1. The molecule has 0 saturated heterocycles. The van der Waals surface area contributed by atoms with Crippen molar-refractivity contribution in [3.63, 3.8) is 0 Å². The maximum atomic E-state index is 13.2. The van der Waals surface area contributed by atoms with Gasteiger partial charge in [0.1, 0.15) is 5.60 Å². The number of aliphatic hydroxyl groups is 1. The number of hydrogen-bond acceptors (Lipinski definition) is 3. The molecule has 0 aromatic carbocycles. The van der Waals surface area contributed by atoms with Crippen molar-refractivity contribution in [2.75, 3.05) is 0 Å². The van der Waals surface area contributed by atoms with Gasteiger partial charge in [-0.15, -0.1) is 0 Å². The average Bonchev–Trinajstić information content (AvgIpc) is 2.32. The normalized spacial score (nSPS) is 43.0. The molecular formula is C16H23F3O3. The van der Waals surface area contributed by atoms with Crippen LogP contribution < -0.4 is 0 Å². The Balaban J connectivity index is 1.82. The van der Waals surface area contributed by atoms with Crippen LogP contribution >= 0.6 is 0 Å². The molecule has 0 aromatic heterocycles. The van der Waals surface area contributed by atoms with Crippen molar-refractivity contribution in [2.24, 2.45) is 17.3 Å². The van der Waals surface area contributed by atoms with Crippen LogP contribution in [0.5, 0.6) is 0 Å². The monoisotopic (exact) mass is 320 g/mol. The summed E-state index contributed by atoms with van der Waals surface area (Å²) in [6.07, 6.45) is -1.13. The summed E-state index contributed by atoms with van der Waals surface area (Å²) in [7, 11) is 0. The Morgan fingerprint density at radius 2 is 1.77 bits per heavy atom. The van der Waals surface area contributed by atoms with Crippen LogP contribution in [0.4, 0.5) is 13.2 Å². The molecule has 22 heavy (non-hydrogen) atoms. The van der Waals surface area contributed by atoms with E-state index in [0.29, 0.717) is 25.7 Å². The molecule has 4 bridgehead atoms. The summed E-state index contributed by atoms with van der Waals surface area (Å²) in [5.41, 5.74) is -4.22. The molecule has 4 rings (SSSR count). The van der Waals surface area contributed by atoms with Crippen molar-refractivity contribution >= 4 is 5.97 Å². The van der Waals surface area contributed by atoms with Gasteiger partial charge in [0.2, 0.25) is 0 Å². The second-order valence-electron chi connectivity index (χ2n) is 7.94. The zero-order chi connectivity index (χ0) is 16.4. The molecule has 126 valence electrons. The van der Waals surface area contributed by atoms with Gasteiger partial charge in [-0.25, -0.2) is 0 Å².